The number of ether oxygens (including phenoxy) is 1. The van der Waals surface area contributed by atoms with Gasteiger partial charge in [-0.2, -0.15) is 0 Å². The van der Waals surface area contributed by atoms with Gasteiger partial charge in [-0.25, -0.2) is 14.7 Å². The Morgan fingerprint density at radius 1 is 1.39 bits per heavy atom. The topological polar surface area (TPSA) is 69.7 Å². The van der Waals surface area contributed by atoms with E-state index in [4.69, 9.17) is 4.74 Å². The molecule has 0 bridgehead atoms. The van der Waals surface area contributed by atoms with Gasteiger partial charge in [0.1, 0.15) is 18.4 Å². The van der Waals surface area contributed by atoms with Crippen LogP contribution in [0.25, 0.3) is 0 Å². The SMILES string of the molecule is C=C(C[N+]12CCNC3C1N(CCN3Cc1cccc(C(=O)OC)n1)CC2)NC. The molecule has 0 saturated carbocycles. The quantitative estimate of drug-likeness (QED) is 0.518. The molecule has 3 aliphatic rings. The predicted molar refractivity (Wildman–Crippen MR) is 106 cm³/mol. The van der Waals surface area contributed by atoms with Gasteiger partial charge >= 0.3 is 5.97 Å². The maximum absolute atomic E-state index is 11.8. The van der Waals surface area contributed by atoms with Crippen molar-refractivity contribution in [2.24, 2.45) is 0 Å². The van der Waals surface area contributed by atoms with E-state index in [0.29, 0.717) is 11.9 Å². The number of carbonyl (C=O) groups is 1. The number of esters is 1. The molecule has 8 heteroatoms. The molecule has 0 aromatic carbocycles. The van der Waals surface area contributed by atoms with Crippen LogP contribution >= 0.6 is 0 Å². The number of pyridine rings is 1. The molecule has 0 radical (unpaired) electrons. The van der Waals surface area contributed by atoms with Gasteiger partial charge in [0.25, 0.3) is 0 Å². The monoisotopic (exact) mass is 387 g/mol. The highest BCUT2D eigenvalue weighted by atomic mass is 16.5. The van der Waals surface area contributed by atoms with Gasteiger partial charge in [-0.3, -0.25) is 14.7 Å². The average molecular weight is 388 g/mol. The van der Waals surface area contributed by atoms with Crippen LogP contribution in [0.15, 0.2) is 30.5 Å². The summed E-state index contributed by atoms with van der Waals surface area (Å²) in [6.07, 6.45) is 0.703. The molecule has 4 heterocycles. The van der Waals surface area contributed by atoms with Crippen molar-refractivity contribution >= 4 is 5.97 Å². The molecule has 4 rings (SSSR count). The third-order valence-corrected chi connectivity index (χ3v) is 6.45. The van der Waals surface area contributed by atoms with Crippen molar-refractivity contribution in [3.8, 4) is 0 Å². The lowest BCUT2D eigenvalue weighted by atomic mass is 10.1. The Kier molecular flexibility index (Phi) is 5.37. The summed E-state index contributed by atoms with van der Waals surface area (Å²) in [5, 5.41) is 7.00. The van der Waals surface area contributed by atoms with Crippen molar-refractivity contribution in [1.82, 2.24) is 25.4 Å². The van der Waals surface area contributed by atoms with E-state index < -0.39 is 0 Å². The van der Waals surface area contributed by atoms with Crippen molar-refractivity contribution in [2.45, 2.75) is 18.9 Å². The number of methoxy groups -OCH3 is 1. The van der Waals surface area contributed by atoms with Crippen molar-refractivity contribution in [3.05, 3.63) is 41.9 Å². The molecule has 1 aromatic heterocycles. The maximum atomic E-state index is 11.8. The van der Waals surface area contributed by atoms with E-state index in [9.17, 15) is 4.79 Å². The minimum absolute atomic E-state index is 0.276. The number of carbonyl (C=O) groups excluding carboxylic acids is 1. The number of rotatable bonds is 6. The third-order valence-electron chi connectivity index (χ3n) is 6.45. The molecule has 0 spiro atoms. The highest BCUT2D eigenvalue weighted by Crippen LogP contribution is 2.34. The number of aromatic nitrogens is 1. The molecular weight excluding hydrogens is 356 g/mol. The second-order valence-corrected chi connectivity index (χ2v) is 8.00. The van der Waals surface area contributed by atoms with Crippen molar-refractivity contribution < 1.29 is 14.0 Å². The fourth-order valence-corrected chi connectivity index (χ4v) is 5.06. The summed E-state index contributed by atoms with van der Waals surface area (Å²) in [6.45, 7) is 12.4. The number of hydrogen-bond acceptors (Lipinski definition) is 7. The van der Waals surface area contributed by atoms with Gasteiger partial charge in [-0.1, -0.05) is 12.6 Å². The van der Waals surface area contributed by atoms with E-state index in [1.54, 1.807) is 6.07 Å². The van der Waals surface area contributed by atoms with E-state index in [1.807, 2.05) is 19.2 Å². The zero-order valence-electron chi connectivity index (χ0n) is 16.9. The van der Waals surface area contributed by atoms with Gasteiger partial charge in [0.05, 0.1) is 38.1 Å². The molecule has 152 valence electrons. The minimum atomic E-state index is -0.389. The van der Waals surface area contributed by atoms with E-state index in [-0.39, 0.29) is 12.1 Å². The molecule has 0 amide bonds. The number of hydrogen-bond donors (Lipinski definition) is 2. The summed E-state index contributed by atoms with van der Waals surface area (Å²) in [4.78, 5) is 21.5. The number of nitrogens with zero attached hydrogens (tertiary/aromatic N) is 4. The molecule has 1 aromatic rings. The Morgan fingerprint density at radius 2 is 2.25 bits per heavy atom. The summed E-state index contributed by atoms with van der Waals surface area (Å²) >= 11 is 0. The first-order valence-corrected chi connectivity index (χ1v) is 10.0. The summed E-state index contributed by atoms with van der Waals surface area (Å²) < 4.78 is 5.89. The van der Waals surface area contributed by atoms with Gasteiger partial charge < -0.3 is 10.1 Å². The maximum Gasteiger partial charge on any atom is 0.356 e. The van der Waals surface area contributed by atoms with Gasteiger partial charge in [0.15, 0.2) is 6.17 Å². The summed E-state index contributed by atoms with van der Waals surface area (Å²) in [7, 11) is 3.35. The first-order chi connectivity index (χ1) is 13.6. The first-order valence-electron chi connectivity index (χ1n) is 10.0. The second-order valence-electron chi connectivity index (χ2n) is 8.00. The van der Waals surface area contributed by atoms with E-state index in [1.165, 1.54) is 13.7 Å². The van der Waals surface area contributed by atoms with Crippen LogP contribution in [0.3, 0.4) is 0 Å². The molecule has 3 unspecified atom stereocenters. The van der Waals surface area contributed by atoms with Crippen molar-refractivity contribution in [1.29, 1.82) is 0 Å². The molecule has 0 aliphatic carbocycles. The smallest absolute Gasteiger partial charge is 0.356 e. The second kappa shape index (κ2) is 7.79. The Morgan fingerprint density at radius 3 is 3.04 bits per heavy atom. The number of piperazine rings is 2. The normalized spacial score (nSPS) is 29.9. The first kappa shape index (κ1) is 19.3. The van der Waals surface area contributed by atoms with Crippen LogP contribution in [-0.4, -0.2) is 97.5 Å². The highest BCUT2D eigenvalue weighted by molar-refractivity contribution is 5.87. The number of nitrogens with one attached hydrogen (secondary N) is 2. The van der Waals surface area contributed by atoms with Crippen LogP contribution in [0.1, 0.15) is 16.2 Å². The van der Waals surface area contributed by atoms with Crippen LogP contribution in [0.4, 0.5) is 0 Å². The lowest BCUT2D eigenvalue weighted by Gasteiger charge is -2.54. The van der Waals surface area contributed by atoms with Crippen molar-refractivity contribution in [3.63, 3.8) is 0 Å². The molecule has 3 aliphatic heterocycles. The van der Waals surface area contributed by atoms with Crippen LogP contribution in [-0.2, 0) is 11.3 Å². The fourth-order valence-electron chi connectivity index (χ4n) is 5.06. The molecule has 3 atom stereocenters. The lowest BCUT2D eigenvalue weighted by molar-refractivity contribution is -0.947. The van der Waals surface area contributed by atoms with Gasteiger partial charge in [-0.15, -0.1) is 0 Å². The fraction of sp³-hybridized carbons (Fsp3) is 0.600. The zero-order valence-corrected chi connectivity index (χ0v) is 16.9. The molecule has 28 heavy (non-hydrogen) atoms. The highest BCUT2D eigenvalue weighted by Gasteiger charge is 2.56. The van der Waals surface area contributed by atoms with Gasteiger partial charge in [-0.05, 0) is 12.1 Å². The predicted octanol–water partition coefficient (Wildman–Crippen LogP) is -0.195. The Bertz CT molecular complexity index is 756. The summed E-state index contributed by atoms with van der Waals surface area (Å²) in [6, 6.07) is 5.57. The van der Waals surface area contributed by atoms with Gasteiger partial charge in [0, 0.05) is 33.2 Å². The van der Waals surface area contributed by atoms with Crippen LogP contribution in [0.2, 0.25) is 0 Å². The summed E-state index contributed by atoms with van der Waals surface area (Å²) in [5.41, 5.74) is 2.37. The molecule has 8 nitrogen and oxygen atoms in total. The number of quaternary nitrogens is 1. The minimum Gasteiger partial charge on any atom is -0.464 e. The molecule has 3 fully saturated rings. The van der Waals surface area contributed by atoms with Crippen LogP contribution < -0.4 is 10.6 Å². The zero-order chi connectivity index (χ0) is 19.7. The van der Waals surface area contributed by atoms with Crippen LogP contribution in [0, 0.1) is 0 Å². The van der Waals surface area contributed by atoms with Crippen LogP contribution in [0.5, 0.6) is 0 Å². The standard InChI is InChI=1S/C20H31N6O2/c1-15(21-2)14-26-11-7-22-18-19(26)24(10-12-26)8-9-25(18)13-16-5-4-6-17(23-16)20(27)28-3/h4-6,18-19,21-22H,1,7-14H2,2-3H3/q+1. The lowest BCUT2D eigenvalue weighted by Crippen LogP contribution is -2.76. The molecule has 2 N–H and O–H groups in total. The van der Waals surface area contributed by atoms with Gasteiger partial charge in [0.2, 0.25) is 0 Å². The van der Waals surface area contributed by atoms with Crippen molar-refractivity contribution in [2.75, 3.05) is 60.0 Å². The Balaban J connectivity index is 1.55. The van der Waals surface area contributed by atoms with E-state index in [2.05, 4.69) is 32.0 Å². The van der Waals surface area contributed by atoms with E-state index in [0.717, 1.165) is 61.7 Å². The number of likely N-dealkylation sites (N-methyl/N-ethyl adjacent to an activating group) is 1. The Hall–Kier alpha value is -2.00. The molecule has 3 saturated heterocycles. The Labute approximate surface area is 166 Å². The largest absolute Gasteiger partial charge is 0.464 e. The van der Waals surface area contributed by atoms with E-state index >= 15 is 0 Å². The summed E-state index contributed by atoms with van der Waals surface area (Å²) in [5.74, 6) is -0.389. The third kappa shape index (κ3) is 3.41. The average Bonchev–Trinajstić information content (AvgIpc) is 3.09. The molecular formula is C20H31N6O2+.